The molecule has 2 rings (SSSR count). The third-order valence-electron chi connectivity index (χ3n) is 3.02. The van der Waals surface area contributed by atoms with Gasteiger partial charge in [0.1, 0.15) is 5.82 Å². The zero-order valence-corrected chi connectivity index (χ0v) is 13.8. The van der Waals surface area contributed by atoms with Crippen molar-refractivity contribution < 1.29 is 18.7 Å². The lowest BCUT2D eigenvalue weighted by molar-refractivity contribution is -0.147. The van der Waals surface area contributed by atoms with E-state index in [9.17, 15) is 14.0 Å². The molecule has 0 bridgehead atoms. The van der Waals surface area contributed by atoms with E-state index in [0.717, 1.165) is 10.0 Å². The lowest BCUT2D eigenvalue weighted by Crippen LogP contribution is -2.21. The van der Waals surface area contributed by atoms with Crippen molar-refractivity contribution in [3.63, 3.8) is 0 Å². The zero-order valence-electron chi connectivity index (χ0n) is 12.2. The standard InChI is InChI=1S/C17H15BrFNO3/c18-13-4-8-15(9-5-13)20-16(21)11-23-17(22)10-3-12-1-6-14(19)7-2-12/h1-2,4-9H,3,10-11H2,(H,20,21). The monoisotopic (exact) mass is 379 g/mol. The van der Waals surface area contributed by atoms with Crippen molar-refractivity contribution in [1.82, 2.24) is 0 Å². The highest BCUT2D eigenvalue weighted by Gasteiger charge is 2.08. The van der Waals surface area contributed by atoms with Crippen LogP contribution in [0.2, 0.25) is 0 Å². The molecule has 0 saturated heterocycles. The maximum atomic E-state index is 12.8. The third-order valence-corrected chi connectivity index (χ3v) is 3.55. The molecule has 0 aromatic heterocycles. The lowest BCUT2D eigenvalue weighted by Gasteiger charge is -2.07. The lowest BCUT2D eigenvalue weighted by atomic mass is 10.1. The number of rotatable bonds is 6. The van der Waals surface area contributed by atoms with Crippen LogP contribution in [0.15, 0.2) is 53.0 Å². The van der Waals surface area contributed by atoms with Crippen LogP contribution in [-0.4, -0.2) is 18.5 Å². The predicted molar refractivity (Wildman–Crippen MR) is 88.5 cm³/mol. The number of amides is 1. The van der Waals surface area contributed by atoms with Crippen LogP contribution in [0.5, 0.6) is 0 Å². The van der Waals surface area contributed by atoms with Crippen LogP contribution in [0.3, 0.4) is 0 Å². The van der Waals surface area contributed by atoms with Crippen LogP contribution in [0.1, 0.15) is 12.0 Å². The molecule has 1 N–H and O–H groups in total. The minimum atomic E-state index is -0.472. The van der Waals surface area contributed by atoms with Crippen LogP contribution in [0.4, 0.5) is 10.1 Å². The molecule has 0 atom stereocenters. The fourth-order valence-electron chi connectivity index (χ4n) is 1.85. The van der Waals surface area contributed by atoms with E-state index in [1.807, 2.05) is 0 Å². The number of hydrogen-bond donors (Lipinski definition) is 1. The molecule has 0 unspecified atom stereocenters. The molecule has 23 heavy (non-hydrogen) atoms. The van der Waals surface area contributed by atoms with Gasteiger partial charge in [-0.05, 0) is 48.4 Å². The normalized spacial score (nSPS) is 10.2. The molecule has 1 amide bonds. The predicted octanol–water partition coefficient (Wildman–Crippen LogP) is 3.70. The van der Waals surface area contributed by atoms with Gasteiger partial charge in [0, 0.05) is 16.6 Å². The van der Waals surface area contributed by atoms with Crippen LogP contribution < -0.4 is 5.32 Å². The van der Waals surface area contributed by atoms with Gasteiger partial charge in [-0.25, -0.2) is 4.39 Å². The van der Waals surface area contributed by atoms with Crippen LogP contribution in [0, 0.1) is 5.82 Å². The van der Waals surface area contributed by atoms with Gasteiger partial charge in [0.25, 0.3) is 5.91 Å². The first-order valence-corrected chi connectivity index (χ1v) is 7.78. The van der Waals surface area contributed by atoms with Crippen LogP contribution in [-0.2, 0) is 20.7 Å². The second-order valence-electron chi connectivity index (χ2n) is 4.84. The molecule has 0 aliphatic heterocycles. The van der Waals surface area contributed by atoms with E-state index in [4.69, 9.17) is 4.74 Å². The summed E-state index contributed by atoms with van der Waals surface area (Å²) in [6.45, 7) is -0.335. The molecule has 0 saturated carbocycles. The molecule has 4 nitrogen and oxygen atoms in total. The molecule has 0 fully saturated rings. The molecule has 0 radical (unpaired) electrons. The van der Waals surface area contributed by atoms with E-state index in [0.29, 0.717) is 12.1 Å². The second kappa shape index (κ2) is 8.43. The Balaban J connectivity index is 1.70. The van der Waals surface area contributed by atoms with Gasteiger partial charge in [0.2, 0.25) is 0 Å². The average Bonchev–Trinajstić information content (AvgIpc) is 2.54. The fraction of sp³-hybridized carbons (Fsp3) is 0.176. The Kier molecular flexibility index (Phi) is 6.29. The number of carbonyl (C=O) groups excluding carboxylic acids is 2. The molecule has 0 aliphatic carbocycles. The first kappa shape index (κ1) is 17.1. The van der Waals surface area contributed by atoms with E-state index in [-0.39, 0.29) is 18.8 Å². The summed E-state index contributed by atoms with van der Waals surface area (Å²) in [6.07, 6.45) is 0.574. The SMILES string of the molecule is O=C(COC(=O)CCc1ccc(F)cc1)Nc1ccc(Br)cc1. The number of benzene rings is 2. The van der Waals surface area contributed by atoms with Crippen molar-refractivity contribution in [2.45, 2.75) is 12.8 Å². The summed E-state index contributed by atoms with van der Waals surface area (Å²) in [6, 6.07) is 13.0. The second-order valence-corrected chi connectivity index (χ2v) is 5.76. The Morgan fingerprint density at radius 3 is 2.35 bits per heavy atom. The third kappa shape index (κ3) is 6.20. The van der Waals surface area contributed by atoms with Crippen molar-refractivity contribution in [3.8, 4) is 0 Å². The van der Waals surface area contributed by atoms with Crippen molar-refractivity contribution >= 4 is 33.5 Å². The first-order chi connectivity index (χ1) is 11.0. The van der Waals surface area contributed by atoms with E-state index < -0.39 is 11.9 Å². The number of esters is 1. The highest BCUT2D eigenvalue weighted by molar-refractivity contribution is 9.10. The van der Waals surface area contributed by atoms with E-state index >= 15 is 0 Å². The molecule has 6 heteroatoms. The summed E-state index contributed by atoms with van der Waals surface area (Å²) in [4.78, 5) is 23.3. The van der Waals surface area contributed by atoms with Crippen molar-refractivity contribution in [1.29, 1.82) is 0 Å². The van der Waals surface area contributed by atoms with Crippen molar-refractivity contribution in [3.05, 3.63) is 64.4 Å². The summed E-state index contributed by atoms with van der Waals surface area (Å²) >= 11 is 3.30. The Labute approximate surface area is 141 Å². The van der Waals surface area contributed by atoms with Gasteiger partial charge < -0.3 is 10.1 Å². The van der Waals surface area contributed by atoms with Crippen LogP contribution >= 0.6 is 15.9 Å². The summed E-state index contributed by atoms with van der Waals surface area (Å²) in [7, 11) is 0. The smallest absolute Gasteiger partial charge is 0.306 e. The van der Waals surface area contributed by atoms with Gasteiger partial charge in [-0.2, -0.15) is 0 Å². The maximum absolute atomic E-state index is 12.8. The largest absolute Gasteiger partial charge is 0.456 e. The average molecular weight is 380 g/mol. The van der Waals surface area contributed by atoms with E-state index in [2.05, 4.69) is 21.2 Å². The molecule has 2 aromatic rings. The molecular formula is C17H15BrFNO3. The maximum Gasteiger partial charge on any atom is 0.306 e. The highest BCUT2D eigenvalue weighted by Crippen LogP contribution is 2.14. The van der Waals surface area contributed by atoms with Gasteiger partial charge in [0.15, 0.2) is 6.61 Å². The fourth-order valence-corrected chi connectivity index (χ4v) is 2.11. The summed E-state index contributed by atoms with van der Waals surface area (Å²) < 4.78 is 18.6. The molecule has 2 aromatic carbocycles. The van der Waals surface area contributed by atoms with Gasteiger partial charge >= 0.3 is 5.97 Å². The van der Waals surface area contributed by atoms with Gasteiger partial charge in [-0.1, -0.05) is 28.1 Å². The molecular weight excluding hydrogens is 365 g/mol. The number of halogens is 2. The molecule has 0 heterocycles. The number of anilines is 1. The summed E-state index contributed by atoms with van der Waals surface area (Å²) in [5, 5.41) is 2.63. The number of carbonyl (C=O) groups is 2. The Morgan fingerprint density at radius 1 is 1.04 bits per heavy atom. The summed E-state index contributed by atoms with van der Waals surface area (Å²) in [5.74, 6) is -1.19. The minimum absolute atomic E-state index is 0.136. The highest BCUT2D eigenvalue weighted by atomic mass is 79.9. The topological polar surface area (TPSA) is 55.4 Å². The van der Waals surface area contributed by atoms with Crippen molar-refractivity contribution in [2.24, 2.45) is 0 Å². The zero-order chi connectivity index (χ0) is 16.7. The number of aryl methyl sites for hydroxylation is 1. The van der Waals surface area contributed by atoms with Gasteiger partial charge in [0.05, 0.1) is 0 Å². The van der Waals surface area contributed by atoms with E-state index in [1.165, 1.54) is 12.1 Å². The minimum Gasteiger partial charge on any atom is -0.456 e. The van der Waals surface area contributed by atoms with Gasteiger partial charge in [-0.3, -0.25) is 9.59 Å². The quantitative estimate of drug-likeness (QED) is 0.778. The first-order valence-electron chi connectivity index (χ1n) is 6.98. The number of hydrogen-bond acceptors (Lipinski definition) is 3. The summed E-state index contributed by atoms with van der Waals surface area (Å²) in [5.41, 5.74) is 1.46. The Morgan fingerprint density at radius 2 is 1.70 bits per heavy atom. The Bertz CT molecular complexity index is 671. The van der Waals surface area contributed by atoms with Crippen molar-refractivity contribution in [2.75, 3.05) is 11.9 Å². The molecule has 120 valence electrons. The number of ether oxygens (including phenoxy) is 1. The van der Waals surface area contributed by atoms with E-state index in [1.54, 1.807) is 36.4 Å². The molecule has 0 spiro atoms. The molecule has 0 aliphatic rings. The Hall–Kier alpha value is -2.21. The number of nitrogens with one attached hydrogen (secondary N) is 1. The van der Waals surface area contributed by atoms with Gasteiger partial charge in [-0.15, -0.1) is 0 Å². The van der Waals surface area contributed by atoms with Crippen LogP contribution in [0.25, 0.3) is 0 Å².